The van der Waals surface area contributed by atoms with Crippen molar-refractivity contribution in [1.29, 1.82) is 0 Å². The molecule has 1 saturated heterocycles. The first-order valence-corrected chi connectivity index (χ1v) is 7.42. The lowest BCUT2D eigenvalue weighted by atomic mass is 10.2. The lowest BCUT2D eigenvalue weighted by Gasteiger charge is -2.29. The second-order valence-corrected chi connectivity index (χ2v) is 5.97. The first kappa shape index (κ1) is 13.8. The van der Waals surface area contributed by atoms with Gasteiger partial charge in [0, 0.05) is 37.6 Å². The molecule has 0 aromatic heterocycles. The molecule has 2 rings (SSSR count). The Kier molecular flexibility index (Phi) is 5.01. The van der Waals surface area contributed by atoms with E-state index in [0.29, 0.717) is 24.5 Å². The molecule has 1 unspecified atom stereocenters. The second kappa shape index (κ2) is 6.53. The van der Waals surface area contributed by atoms with Crippen LogP contribution in [-0.2, 0) is 4.79 Å². The minimum Gasteiger partial charge on any atom is -0.353 e. The molecule has 4 nitrogen and oxygen atoms in total. The highest BCUT2D eigenvalue weighted by atomic mass is 16.1. The van der Waals surface area contributed by atoms with Gasteiger partial charge in [0.25, 0.3) is 0 Å². The summed E-state index contributed by atoms with van der Waals surface area (Å²) < 4.78 is 0. The Hall–Kier alpha value is -0.610. The van der Waals surface area contributed by atoms with Crippen molar-refractivity contribution in [3.63, 3.8) is 0 Å². The summed E-state index contributed by atoms with van der Waals surface area (Å²) in [5.74, 6) is 0.225. The normalized spacial score (nSPS) is 23.9. The molecular weight excluding hydrogens is 226 g/mol. The van der Waals surface area contributed by atoms with Crippen LogP contribution in [-0.4, -0.2) is 48.6 Å². The highest BCUT2D eigenvalue weighted by molar-refractivity contribution is 5.76. The highest BCUT2D eigenvalue weighted by Gasteiger charge is 2.24. The standard InChI is InChI=1S/C14H27N3O/c1-11(2)17(10-13-4-3-8-15-13)9-7-14(18)16-12-5-6-12/h11-13,15H,3-10H2,1-2H3,(H,16,18). The van der Waals surface area contributed by atoms with E-state index in [-0.39, 0.29) is 5.91 Å². The Morgan fingerprint density at radius 1 is 1.39 bits per heavy atom. The zero-order chi connectivity index (χ0) is 13.0. The van der Waals surface area contributed by atoms with Crippen LogP contribution in [0.3, 0.4) is 0 Å². The van der Waals surface area contributed by atoms with Crippen molar-refractivity contribution in [1.82, 2.24) is 15.5 Å². The fourth-order valence-corrected chi connectivity index (χ4v) is 2.53. The van der Waals surface area contributed by atoms with Crippen LogP contribution < -0.4 is 10.6 Å². The molecule has 0 aromatic rings. The number of hydrogen-bond acceptors (Lipinski definition) is 3. The van der Waals surface area contributed by atoms with Crippen LogP contribution in [0.4, 0.5) is 0 Å². The first-order valence-electron chi connectivity index (χ1n) is 7.42. The van der Waals surface area contributed by atoms with Crippen molar-refractivity contribution < 1.29 is 4.79 Å². The fourth-order valence-electron chi connectivity index (χ4n) is 2.53. The monoisotopic (exact) mass is 253 g/mol. The molecule has 1 heterocycles. The number of amides is 1. The molecule has 1 aliphatic heterocycles. The molecule has 18 heavy (non-hydrogen) atoms. The molecule has 2 aliphatic rings. The molecule has 0 aromatic carbocycles. The minimum absolute atomic E-state index is 0.225. The van der Waals surface area contributed by atoms with Crippen LogP contribution in [0.15, 0.2) is 0 Å². The van der Waals surface area contributed by atoms with Gasteiger partial charge in [0.05, 0.1) is 0 Å². The molecule has 2 N–H and O–H groups in total. The van der Waals surface area contributed by atoms with E-state index in [4.69, 9.17) is 0 Å². The molecule has 0 bridgehead atoms. The second-order valence-electron chi connectivity index (χ2n) is 5.97. The lowest BCUT2D eigenvalue weighted by Crippen LogP contribution is -2.43. The number of carbonyl (C=O) groups is 1. The van der Waals surface area contributed by atoms with Crippen LogP contribution in [0.25, 0.3) is 0 Å². The Bertz CT molecular complexity index is 270. The lowest BCUT2D eigenvalue weighted by molar-refractivity contribution is -0.121. The van der Waals surface area contributed by atoms with E-state index in [9.17, 15) is 4.79 Å². The van der Waals surface area contributed by atoms with Gasteiger partial charge in [-0.25, -0.2) is 0 Å². The third-order valence-electron chi connectivity index (χ3n) is 3.92. The largest absolute Gasteiger partial charge is 0.353 e. The van der Waals surface area contributed by atoms with Crippen molar-refractivity contribution in [2.45, 2.75) is 64.1 Å². The number of carbonyl (C=O) groups excluding carboxylic acids is 1. The van der Waals surface area contributed by atoms with Crippen LogP contribution in [0.2, 0.25) is 0 Å². The van der Waals surface area contributed by atoms with E-state index < -0.39 is 0 Å². The van der Waals surface area contributed by atoms with E-state index in [1.54, 1.807) is 0 Å². The van der Waals surface area contributed by atoms with E-state index in [1.165, 1.54) is 25.7 Å². The van der Waals surface area contributed by atoms with Crippen molar-refractivity contribution in [2.24, 2.45) is 0 Å². The maximum atomic E-state index is 11.7. The van der Waals surface area contributed by atoms with E-state index in [2.05, 4.69) is 29.4 Å². The summed E-state index contributed by atoms with van der Waals surface area (Å²) in [6, 6.07) is 1.63. The fraction of sp³-hybridized carbons (Fsp3) is 0.929. The summed E-state index contributed by atoms with van der Waals surface area (Å²) in [5, 5.41) is 6.59. The summed E-state index contributed by atoms with van der Waals surface area (Å²) in [5.41, 5.74) is 0. The van der Waals surface area contributed by atoms with Gasteiger partial charge >= 0.3 is 0 Å². The maximum absolute atomic E-state index is 11.7. The van der Waals surface area contributed by atoms with Gasteiger partial charge < -0.3 is 10.6 Å². The highest BCUT2D eigenvalue weighted by Crippen LogP contribution is 2.18. The quantitative estimate of drug-likeness (QED) is 0.714. The number of nitrogens with one attached hydrogen (secondary N) is 2. The molecule has 1 amide bonds. The number of rotatable bonds is 7. The smallest absolute Gasteiger partial charge is 0.221 e. The summed E-state index contributed by atoms with van der Waals surface area (Å²) in [6.07, 6.45) is 5.55. The van der Waals surface area contributed by atoms with Gasteiger partial charge in [-0.3, -0.25) is 9.69 Å². The predicted molar refractivity (Wildman–Crippen MR) is 73.5 cm³/mol. The van der Waals surface area contributed by atoms with Crippen molar-refractivity contribution >= 4 is 5.91 Å². The predicted octanol–water partition coefficient (Wildman–Crippen LogP) is 1.12. The van der Waals surface area contributed by atoms with Gasteiger partial charge in [0.1, 0.15) is 0 Å². The summed E-state index contributed by atoms with van der Waals surface area (Å²) in [7, 11) is 0. The average Bonchev–Trinajstić information content (AvgIpc) is 2.98. The summed E-state index contributed by atoms with van der Waals surface area (Å²) in [6.45, 7) is 7.54. The van der Waals surface area contributed by atoms with Gasteiger partial charge in [0.15, 0.2) is 0 Å². The SMILES string of the molecule is CC(C)N(CCC(=O)NC1CC1)CC1CCCN1. The Labute approximate surface area is 110 Å². The van der Waals surface area contributed by atoms with Crippen molar-refractivity contribution in [3.05, 3.63) is 0 Å². The van der Waals surface area contributed by atoms with Crippen LogP contribution in [0.1, 0.15) is 46.0 Å². The van der Waals surface area contributed by atoms with Gasteiger partial charge in [-0.15, -0.1) is 0 Å². The molecule has 4 heteroatoms. The Morgan fingerprint density at radius 3 is 2.72 bits per heavy atom. The van der Waals surface area contributed by atoms with Gasteiger partial charge in [-0.1, -0.05) is 0 Å². The molecule has 0 spiro atoms. The molecule has 2 fully saturated rings. The van der Waals surface area contributed by atoms with E-state index >= 15 is 0 Å². The first-order chi connectivity index (χ1) is 8.65. The Balaban J connectivity index is 1.68. The third kappa shape index (κ3) is 4.58. The average molecular weight is 253 g/mol. The topological polar surface area (TPSA) is 44.4 Å². The van der Waals surface area contributed by atoms with Crippen molar-refractivity contribution in [3.8, 4) is 0 Å². The molecule has 0 radical (unpaired) electrons. The van der Waals surface area contributed by atoms with Crippen LogP contribution >= 0.6 is 0 Å². The van der Waals surface area contributed by atoms with Crippen LogP contribution in [0.5, 0.6) is 0 Å². The summed E-state index contributed by atoms with van der Waals surface area (Å²) in [4.78, 5) is 14.1. The van der Waals surface area contributed by atoms with Crippen molar-refractivity contribution in [2.75, 3.05) is 19.6 Å². The van der Waals surface area contributed by atoms with Gasteiger partial charge in [-0.05, 0) is 46.1 Å². The number of nitrogens with zero attached hydrogens (tertiary/aromatic N) is 1. The molecule has 1 saturated carbocycles. The Morgan fingerprint density at radius 2 is 2.17 bits per heavy atom. The molecular formula is C14H27N3O. The zero-order valence-corrected chi connectivity index (χ0v) is 11.7. The number of hydrogen-bond donors (Lipinski definition) is 2. The third-order valence-corrected chi connectivity index (χ3v) is 3.92. The molecule has 1 aliphatic carbocycles. The molecule has 1 atom stereocenters. The summed E-state index contributed by atoms with van der Waals surface area (Å²) >= 11 is 0. The van der Waals surface area contributed by atoms with Gasteiger partial charge in [-0.2, -0.15) is 0 Å². The van der Waals surface area contributed by atoms with Crippen LogP contribution in [0, 0.1) is 0 Å². The maximum Gasteiger partial charge on any atom is 0.221 e. The van der Waals surface area contributed by atoms with E-state index in [0.717, 1.165) is 19.6 Å². The minimum atomic E-state index is 0.225. The molecule has 104 valence electrons. The van der Waals surface area contributed by atoms with Gasteiger partial charge in [0.2, 0.25) is 5.91 Å². The zero-order valence-electron chi connectivity index (χ0n) is 11.7. The van der Waals surface area contributed by atoms with E-state index in [1.807, 2.05) is 0 Å².